The number of ketones is 1. The molecule has 0 radical (unpaired) electrons. The number of hydrogen-bond acceptors (Lipinski definition) is 5. The molecule has 6 nitrogen and oxygen atoms in total. The molecule has 1 aliphatic carbocycles. The van der Waals surface area contributed by atoms with Crippen LogP contribution in [0.1, 0.15) is 39.6 Å². The number of Topliss-reactive ketones (excluding diaryl/α,β-unsaturated/α-hetero) is 1. The fourth-order valence-electron chi connectivity index (χ4n) is 3.92. The molecule has 0 spiro atoms. The van der Waals surface area contributed by atoms with E-state index in [9.17, 15) is 9.59 Å². The molecule has 0 bridgehead atoms. The van der Waals surface area contributed by atoms with Crippen LogP contribution in [-0.2, 0) is 11.2 Å². The lowest BCUT2D eigenvalue weighted by molar-refractivity contribution is -0.118. The normalized spacial score (nSPS) is 19.8. The van der Waals surface area contributed by atoms with E-state index < -0.39 is 0 Å². The van der Waals surface area contributed by atoms with Crippen LogP contribution < -0.4 is 4.90 Å². The van der Waals surface area contributed by atoms with Gasteiger partial charge in [-0.05, 0) is 37.0 Å². The van der Waals surface area contributed by atoms with Gasteiger partial charge < -0.3 is 9.80 Å². The maximum absolute atomic E-state index is 12.8. The molecule has 2 heterocycles. The molecule has 2 aromatic rings. The standard InChI is InChI=1S/C20H21ClN4O2/c1-13-19-17(23-20(22-13)25-7-5-24(12-26)6-8-25)10-15(11-18(19)27)14-3-2-4-16(21)9-14/h2-4,9,12,15H,5-8,10-11H2,1H3/t15-/m1/s1. The van der Waals surface area contributed by atoms with Gasteiger partial charge in [0.05, 0.1) is 17.0 Å². The quantitative estimate of drug-likeness (QED) is 0.761. The first-order valence-electron chi connectivity index (χ1n) is 9.15. The van der Waals surface area contributed by atoms with Crippen molar-refractivity contribution in [3.8, 4) is 0 Å². The Morgan fingerprint density at radius 3 is 2.63 bits per heavy atom. The molecule has 1 saturated heterocycles. The van der Waals surface area contributed by atoms with Crippen LogP contribution >= 0.6 is 11.6 Å². The van der Waals surface area contributed by atoms with E-state index >= 15 is 0 Å². The predicted octanol–water partition coefficient (Wildman–Crippen LogP) is 2.63. The van der Waals surface area contributed by atoms with Gasteiger partial charge in [-0.3, -0.25) is 9.59 Å². The summed E-state index contributed by atoms with van der Waals surface area (Å²) in [6.45, 7) is 4.59. The summed E-state index contributed by atoms with van der Waals surface area (Å²) >= 11 is 6.13. The summed E-state index contributed by atoms with van der Waals surface area (Å²) < 4.78 is 0. The molecule has 0 saturated carbocycles. The van der Waals surface area contributed by atoms with Crippen LogP contribution in [0.15, 0.2) is 24.3 Å². The fourth-order valence-corrected chi connectivity index (χ4v) is 4.12. The molecular formula is C20H21ClN4O2. The van der Waals surface area contributed by atoms with Gasteiger partial charge in [-0.2, -0.15) is 0 Å². The number of rotatable bonds is 3. The lowest BCUT2D eigenvalue weighted by Gasteiger charge is -2.33. The number of aromatic nitrogens is 2. The second-order valence-electron chi connectivity index (χ2n) is 7.14. The van der Waals surface area contributed by atoms with Gasteiger partial charge in [0.15, 0.2) is 5.78 Å². The number of nitrogens with zero attached hydrogens (tertiary/aromatic N) is 4. The van der Waals surface area contributed by atoms with E-state index in [1.54, 1.807) is 4.90 Å². The molecule has 1 aromatic carbocycles. The smallest absolute Gasteiger partial charge is 0.225 e. The van der Waals surface area contributed by atoms with Gasteiger partial charge in [0.25, 0.3) is 0 Å². The van der Waals surface area contributed by atoms with Crippen LogP contribution in [0.5, 0.6) is 0 Å². The van der Waals surface area contributed by atoms with Gasteiger partial charge in [-0.25, -0.2) is 9.97 Å². The molecule has 1 aliphatic heterocycles. The summed E-state index contributed by atoms with van der Waals surface area (Å²) in [5.41, 5.74) is 3.29. The lowest BCUT2D eigenvalue weighted by Crippen LogP contribution is -2.46. The van der Waals surface area contributed by atoms with Crippen molar-refractivity contribution >= 4 is 29.7 Å². The minimum Gasteiger partial charge on any atom is -0.342 e. The number of benzene rings is 1. The highest BCUT2D eigenvalue weighted by molar-refractivity contribution is 6.30. The third-order valence-corrected chi connectivity index (χ3v) is 5.60. The molecule has 7 heteroatoms. The number of hydrogen-bond donors (Lipinski definition) is 0. The predicted molar refractivity (Wildman–Crippen MR) is 103 cm³/mol. The summed E-state index contributed by atoms with van der Waals surface area (Å²) in [6, 6.07) is 7.70. The Kier molecular flexibility index (Phi) is 4.83. The Labute approximate surface area is 163 Å². The highest BCUT2D eigenvalue weighted by Crippen LogP contribution is 2.34. The van der Waals surface area contributed by atoms with Gasteiger partial charge in [0.2, 0.25) is 12.4 Å². The van der Waals surface area contributed by atoms with E-state index in [4.69, 9.17) is 16.6 Å². The average molecular weight is 385 g/mol. The number of aryl methyl sites for hydroxylation is 1. The number of carbonyl (C=O) groups excluding carboxylic acids is 2. The monoisotopic (exact) mass is 384 g/mol. The van der Waals surface area contributed by atoms with Crippen LogP contribution in [0.25, 0.3) is 0 Å². The first-order chi connectivity index (χ1) is 13.0. The summed E-state index contributed by atoms with van der Waals surface area (Å²) in [5, 5.41) is 0.679. The second kappa shape index (κ2) is 7.27. The van der Waals surface area contributed by atoms with E-state index in [1.165, 1.54) is 0 Å². The number of piperazine rings is 1. The van der Waals surface area contributed by atoms with Gasteiger partial charge in [-0.1, -0.05) is 23.7 Å². The molecular weight excluding hydrogens is 364 g/mol. The van der Waals surface area contributed by atoms with Crippen molar-refractivity contribution in [3.05, 3.63) is 51.8 Å². The molecule has 1 atom stereocenters. The van der Waals surface area contributed by atoms with Crippen LogP contribution in [0.4, 0.5) is 5.95 Å². The minimum atomic E-state index is 0.0813. The van der Waals surface area contributed by atoms with Crippen molar-refractivity contribution in [1.82, 2.24) is 14.9 Å². The van der Waals surface area contributed by atoms with E-state index in [0.29, 0.717) is 55.6 Å². The molecule has 0 unspecified atom stereocenters. The van der Waals surface area contributed by atoms with E-state index in [0.717, 1.165) is 23.4 Å². The summed E-state index contributed by atoms with van der Waals surface area (Å²) in [6.07, 6.45) is 2.03. The molecule has 0 N–H and O–H groups in total. The maximum atomic E-state index is 12.8. The minimum absolute atomic E-state index is 0.0813. The Bertz CT molecular complexity index is 894. The maximum Gasteiger partial charge on any atom is 0.225 e. The third-order valence-electron chi connectivity index (χ3n) is 5.37. The van der Waals surface area contributed by atoms with Crippen LogP contribution in [0, 0.1) is 6.92 Å². The zero-order chi connectivity index (χ0) is 19.0. The topological polar surface area (TPSA) is 66.4 Å². The van der Waals surface area contributed by atoms with Crippen LogP contribution in [0.3, 0.4) is 0 Å². The molecule has 1 aromatic heterocycles. The number of fused-ring (bicyclic) bond motifs is 1. The van der Waals surface area contributed by atoms with Gasteiger partial charge in [-0.15, -0.1) is 0 Å². The number of anilines is 1. The molecule has 1 amide bonds. The van der Waals surface area contributed by atoms with Crippen LogP contribution in [0.2, 0.25) is 5.02 Å². The second-order valence-corrected chi connectivity index (χ2v) is 7.58. The Morgan fingerprint density at radius 2 is 1.93 bits per heavy atom. The average Bonchev–Trinajstić information content (AvgIpc) is 2.67. The fraction of sp³-hybridized carbons (Fsp3) is 0.400. The molecule has 140 valence electrons. The summed E-state index contributed by atoms with van der Waals surface area (Å²) in [4.78, 5) is 36.9. The molecule has 4 rings (SSSR count). The number of amides is 1. The molecule has 27 heavy (non-hydrogen) atoms. The number of carbonyl (C=O) groups is 2. The first-order valence-corrected chi connectivity index (χ1v) is 9.53. The Hall–Kier alpha value is -2.47. The molecule has 1 fully saturated rings. The van der Waals surface area contributed by atoms with Crippen molar-refractivity contribution in [1.29, 1.82) is 0 Å². The van der Waals surface area contributed by atoms with Crippen molar-refractivity contribution in [3.63, 3.8) is 0 Å². The van der Waals surface area contributed by atoms with Gasteiger partial charge in [0, 0.05) is 37.6 Å². The van der Waals surface area contributed by atoms with Gasteiger partial charge in [0.1, 0.15) is 0 Å². The largest absolute Gasteiger partial charge is 0.342 e. The molecule has 2 aliphatic rings. The Morgan fingerprint density at radius 1 is 1.15 bits per heavy atom. The van der Waals surface area contributed by atoms with Crippen molar-refractivity contribution in [2.45, 2.75) is 25.7 Å². The first kappa shape index (κ1) is 17.9. The Balaban J connectivity index is 1.63. The van der Waals surface area contributed by atoms with Crippen molar-refractivity contribution in [2.75, 3.05) is 31.1 Å². The van der Waals surface area contributed by atoms with E-state index in [-0.39, 0.29) is 11.7 Å². The van der Waals surface area contributed by atoms with Crippen molar-refractivity contribution < 1.29 is 9.59 Å². The third kappa shape index (κ3) is 3.54. The van der Waals surface area contributed by atoms with E-state index in [1.807, 2.05) is 31.2 Å². The van der Waals surface area contributed by atoms with Crippen LogP contribution in [-0.4, -0.2) is 53.2 Å². The highest BCUT2D eigenvalue weighted by atomic mass is 35.5. The van der Waals surface area contributed by atoms with Gasteiger partial charge >= 0.3 is 0 Å². The zero-order valence-electron chi connectivity index (χ0n) is 15.2. The summed E-state index contributed by atoms with van der Waals surface area (Å²) in [5.74, 6) is 0.824. The number of halogens is 1. The zero-order valence-corrected chi connectivity index (χ0v) is 15.9. The van der Waals surface area contributed by atoms with Crippen molar-refractivity contribution in [2.24, 2.45) is 0 Å². The lowest BCUT2D eigenvalue weighted by atomic mass is 9.81. The van der Waals surface area contributed by atoms with E-state index in [2.05, 4.69) is 9.88 Å². The highest BCUT2D eigenvalue weighted by Gasteiger charge is 2.31. The SMILES string of the molecule is Cc1nc(N2CCN(C=O)CC2)nc2c1C(=O)C[C@H](c1cccc(Cl)c1)C2. The summed E-state index contributed by atoms with van der Waals surface area (Å²) in [7, 11) is 0.